The summed E-state index contributed by atoms with van der Waals surface area (Å²) in [5.41, 5.74) is -2.87. The average Bonchev–Trinajstić information content (AvgIpc) is 2.74. The molecule has 0 radical (unpaired) electrons. The minimum absolute atomic E-state index is 0.0208. The maximum absolute atomic E-state index is 13.0. The third-order valence-electron chi connectivity index (χ3n) is 5.70. The monoisotopic (exact) mass is 481 g/mol. The number of piperazine rings is 1. The third kappa shape index (κ3) is 6.99. The molecular weight excluding hydrogens is 452 g/mol. The van der Waals surface area contributed by atoms with E-state index in [1.165, 1.54) is 11.9 Å². The molecule has 33 heavy (non-hydrogen) atoms. The Morgan fingerprint density at radius 1 is 0.970 bits per heavy atom. The number of nitrogens with zero attached hydrogens (tertiary/aromatic N) is 4. The van der Waals surface area contributed by atoms with Crippen LogP contribution in [-0.4, -0.2) is 91.4 Å². The van der Waals surface area contributed by atoms with Crippen LogP contribution in [0.4, 0.5) is 26.3 Å². The number of guanidine groups is 1. The number of nitrogens with one attached hydrogen (secondary N) is 1. The molecule has 12 heteroatoms. The maximum Gasteiger partial charge on any atom is 0.416 e. The van der Waals surface area contributed by atoms with Gasteiger partial charge < -0.3 is 14.7 Å². The number of hydrogen-bond donors (Lipinski definition) is 1. The lowest BCUT2D eigenvalue weighted by atomic mass is 10.0. The van der Waals surface area contributed by atoms with E-state index in [-0.39, 0.29) is 30.5 Å². The van der Waals surface area contributed by atoms with Crippen LogP contribution in [0, 0.1) is 5.41 Å². The van der Waals surface area contributed by atoms with Gasteiger partial charge >= 0.3 is 12.4 Å². The Labute approximate surface area is 189 Å². The van der Waals surface area contributed by atoms with E-state index in [0.717, 1.165) is 0 Å². The summed E-state index contributed by atoms with van der Waals surface area (Å²) in [4.78, 5) is 19.7. The molecule has 0 aliphatic carbocycles. The Bertz CT molecular complexity index is 814. The quantitative estimate of drug-likeness (QED) is 0.399. The first-order valence-corrected chi connectivity index (χ1v) is 10.4. The molecule has 1 heterocycles. The minimum atomic E-state index is -4.91. The van der Waals surface area contributed by atoms with Gasteiger partial charge in [-0.05, 0) is 37.1 Å². The van der Waals surface area contributed by atoms with Gasteiger partial charge in [0.25, 0.3) is 0 Å². The zero-order chi connectivity index (χ0) is 25.1. The fourth-order valence-corrected chi connectivity index (χ4v) is 3.65. The van der Waals surface area contributed by atoms with Crippen molar-refractivity contribution in [3.63, 3.8) is 0 Å². The molecule has 1 aliphatic heterocycles. The molecule has 1 fully saturated rings. The fourth-order valence-electron chi connectivity index (χ4n) is 3.65. The van der Waals surface area contributed by atoms with Crippen molar-refractivity contribution in [1.29, 1.82) is 5.41 Å². The number of halogens is 6. The number of rotatable bonds is 5. The van der Waals surface area contributed by atoms with Crippen molar-refractivity contribution in [3.05, 3.63) is 34.9 Å². The first-order valence-electron chi connectivity index (χ1n) is 10.4. The molecule has 2 rings (SSSR count). The maximum atomic E-state index is 13.0. The standard InChI is InChI=1S/C21H29F6N5O/c1-14(31-7-9-32(10-8-31)19(28)29(2)3)18(33)30(4)6-5-15-11-16(20(22,23)24)13-17(12-15)21(25,26)27/h11-14,28H,5-10H2,1-4H3/t14-/m0/s1. The smallest absolute Gasteiger partial charge is 0.349 e. The summed E-state index contributed by atoms with van der Waals surface area (Å²) >= 11 is 0. The second-order valence-corrected chi connectivity index (χ2v) is 8.34. The van der Waals surface area contributed by atoms with Gasteiger partial charge in [0.05, 0.1) is 17.2 Å². The molecular formula is C21H29F6N5O. The lowest BCUT2D eigenvalue weighted by Gasteiger charge is -2.40. The Morgan fingerprint density at radius 3 is 1.88 bits per heavy atom. The fraction of sp³-hybridized carbons (Fsp3) is 0.619. The second kappa shape index (κ2) is 10.2. The van der Waals surface area contributed by atoms with Crippen LogP contribution in [0.3, 0.4) is 0 Å². The van der Waals surface area contributed by atoms with E-state index in [1.54, 1.807) is 25.9 Å². The topological polar surface area (TPSA) is 53.9 Å². The molecule has 186 valence electrons. The lowest BCUT2D eigenvalue weighted by Crippen LogP contribution is -2.56. The van der Waals surface area contributed by atoms with Crippen molar-refractivity contribution < 1.29 is 31.1 Å². The molecule has 1 saturated heterocycles. The molecule has 0 saturated carbocycles. The van der Waals surface area contributed by atoms with Crippen LogP contribution in [0.25, 0.3) is 0 Å². The van der Waals surface area contributed by atoms with E-state index in [2.05, 4.69) is 0 Å². The largest absolute Gasteiger partial charge is 0.416 e. The second-order valence-electron chi connectivity index (χ2n) is 8.34. The SMILES string of the molecule is C[C@@H](C(=O)N(C)CCc1cc(C(F)(F)F)cc(C(F)(F)F)c1)N1CCN(C(=N)N(C)C)CC1. The number of alkyl halides is 6. The Morgan fingerprint density at radius 2 is 1.45 bits per heavy atom. The van der Waals surface area contributed by atoms with E-state index < -0.39 is 29.5 Å². The van der Waals surface area contributed by atoms with E-state index in [1.807, 2.05) is 9.80 Å². The predicted molar refractivity (Wildman–Crippen MR) is 112 cm³/mol. The third-order valence-corrected chi connectivity index (χ3v) is 5.70. The van der Waals surface area contributed by atoms with Crippen LogP contribution in [0.15, 0.2) is 18.2 Å². The normalized spacial score (nSPS) is 16.5. The van der Waals surface area contributed by atoms with Crippen LogP contribution < -0.4 is 0 Å². The van der Waals surface area contributed by atoms with Gasteiger partial charge in [-0.3, -0.25) is 15.1 Å². The first kappa shape index (κ1) is 26.7. The Kier molecular flexibility index (Phi) is 8.26. The molecule has 1 aromatic rings. The summed E-state index contributed by atoms with van der Waals surface area (Å²) in [7, 11) is 5.03. The summed E-state index contributed by atoms with van der Waals surface area (Å²) in [6, 6.07) is 0.972. The van der Waals surface area contributed by atoms with E-state index >= 15 is 0 Å². The summed E-state index contributed by atoms with van der Waals surface area (Å²) in [5, 5.41) is 8.02. The van der Waals surface area contributed by atoms with Crippen molar-refractivity contribution in [1.82, 2.24) is 19.6 Å². The molecule has 0 bridgehead atoms. The van der Waals surface area contributed by atoms with E-state index in [4.69, 9.17) is 5.41 Å². The minimum Gasteiger partial charge on any atom is -0.349 e. The predicted octanol–water partition coefficient (Wildman–Crippen LogP) is 3.23. The van der Waals surface area contributed by atoms with Crippen LogP contribution in [0.5, 0.6) is 0 Å². The molecule has 1 N–H and O–H groups in total. The molecule has 0 aromatic heterocycles. The number of likely N-dealkylation sites (N-methyl/N-ethyl adjacent to an activating group) is 1. The van der Waals surface area contributed by atoms with Gasteiger partial charge in [-0.15, -0.1) is 0 Å². The molecule has 1 atom stereocenters. The number of amides is 1. The van der Waals surface area contributed by atoms with Crippen molar-refractivity contribution in [2.75, 3.05) is 53.9 Å². The van der Waals surface area contributed by atoms with Gasteiger partial charge in [-0.2, -0.15) is 26.3 Å². The van der Waals surface area contributed by atoms with Gasteiger partial charge in [0.15, 0.2) is 5.96 Å². The van der Waals surface area contributed by atoms with Gasteiger partial charge in [-0.1, -0.05) is 0 Å². The molecule has 1 aromatic carbocycles. The van der Waals surface area contributed by atoms with E-state index in [0.29, 0.717) is 44.3 Å². The zero-order valence-electron chi connectivity index (χ0n) is 19.0. The lowest BCUT2D eigenvalue weighted by molar-refractivity contribution is -0.143. The summed E-state index contributed by atoms with van der Waals surface area (Å²) in [6.07, 6.45) is -9.95. The highest BCUT2D eigenvalue weighted by molar-refractivity contribution is 5.81. The van der Waals surface area contributed by atoms with Gasteiger partial charge in [0, 0.05) is 53.9 Å². The zero-order valence-corrected chi connectivity index (χ0v) is 19.0. The Hall–Kier alpha value is -2.50. The van der Waals surface area contributed by atoms with Gasteiger partial charge in [-0.25, -0.2) is 0 Å². The molecule has 6 nitrogen and oxygen atoms in total. The molecule has 1 amide bonds. The molecule has 0 unspecified atom stereocenters. The number of hydrogen-bond acceptors (Lipinski definition) is 3. The highest BCUT2D eigenvalue weighted by atomic mass is 19.4. The van der Waals surface area contributed by atoms with E-state index in [9.17, 15) is 31.1 Å². The average molecular weight is 481 g/mol. The summed E-state index contributed by atoms with van der Waals surface area (Å²) in [6.45, 7) is 3.95. The van der Waals surface area contributed by atoms with Crippen LogP contribution in [0.2, 0.25) is 0 Å². The van der Waals surface area contributed by atoms with Crippen molar-refractivity contribution in [3.8, 4) is 0 Å². The van der Waals surface area contributed by atoms with Crippen LogP contribution >= 0.6 is 0 Å². The van der Waals surface area contributed by atoms with Gasteiger partial charge in [0.1, 0.15) is 0 Å². The molecule has 0 spiro atoms. The summed E-state index contributed by atoms with van der Waals surface area (Å²) < 4.78 is 78.2. The highest BCUT2D eigenvalue weighted by Crippen LogP contribution is 2.36. The van der Waals surface area contributed by atoms with Crippen molar-refractivity contribution in [2.45, 2.75) is 31.7 Å². The van der Waals surface area contributed by atoms with Crippen LogP contribution in [0.1, 0.15) is 23.6 Å². The Balaban J connectivity index is 2.01. The number of carbonyl (C=O) groups is 1. The van der Waals surface area contributed by atoms with Crippen molar-refractivity contribution >= 4 is 11.9 Å². The molecule has 1 aliphatic rings. The van der Waals surface area contributed by atoms with Gasteiger partial charge in [0.2, 0.25) is 5.91 Å². The highest BCUT2D eigenvalue weighted by Gasteiger charge is 2.37. The number of benzene rings is 1. The van der Waals surface area contributed by atoms with Crippen molar-refractivity contribution in [2.24, 2.45) is 0 Å². The summed E-state index contributed by atoms with van der Waals surface area (Å²) in [5.74, 6) is 0.110. The number of carbonyl (C=O) groups excluding carboxylic acids is 1. The first-order chi connectivity index (χ1) is 15.1. The van der Waals surface area contributed by atoms with Crippen LogP contribution in [-0.2, 0) is 23.6 Å².